The normalized spacial score (nSPS) is 21.3. The van der Waals surface area contributed by atoms with E-state index < -0.39 is 6.10 Å². The van der Waals surface area contributed by atoms with Gasteiger partial charge < -0.3 is 10.0 Å². The Morgan fingerprint density at radius 1 is 1.29 bits per heavy atom. The van der Waals surface area contributed by atoms with Gasteiger partial charge in [-0.15, -0.1) is 0 Å². The van der Waals surface area contributed by atoms with E-state index in [0.717, 1.165) is 11.3 Å². The van der Waals surface area contributed by atoms with Gasteiger partial charge in [0.2, 0.25) is 0 Å². The first kappa shape index (κ1) is 13.5. The number of nitrogens with zero attached hydrogens (tertiary/aromatic N) is 3. The maximum atomic E-state index is 13.1. The number of hydrogen-bond donors (Lipinski definition) is 1. The summed E-state index contributed by atoms with van der Waals surface area (Å²) in [6.07, 6.45) is 1.72. The maximum Gasteiger partial charge on any atom is 0.142 e. The minimum Gasteiger partial charge on any atom is -0.391 e. The highest BCUT2D eigenvalue weighted by molar-refractivity contribution is 5.52. The Kier molecular flexibility index (Phi) is 3.55. The molecular formula is C16H14FN3O. The lowest BCUT2D eigenvalue weighted by molar-refractivity contribution is 0.194. The van der Waals surface area contributed by atoms with Crippen LogP contribution >= 0.6 is 0 Å². The highest BCUT2D eigenvalue weighted by Gasteiger charge is 2.32. The van der Waals surface area contributed by atoms with Crippen LogP contribution < -0.4 is 4.90 Å². The molecule has 2 aromatic rings. The van der Waals surface area contributed by atoms with Crippen molar-refractivity contribution in [2.75, 3.05) is 11.4 Å². The smallest absolute Gasteiger partial charge is 0.142 e. The van der Waals surface area contributed by atoms with Gasteiger partial charge in [0.05, 0.1) is 12.1 Å². The Hall–Kier alpha value is -2.45. The second kappa shape index (κ2) is 5.51. The first-order valence-corrected chi connectivity index (χ1v) is 6.73. The van der Waals surface area contributed by atoms with E-state index in [1.165, 1.54) is 12.1 Å². The topological polar surface area (TPSA) is 60.2 Å². The summed E-state index contributed by atoms with van der Waals surface area (Å²) in [6.45, 7) is 0.483. The zero-order chi connectivity index (χ0) is 14.8. The second-order valence-corrected chi connectivity index (χ2v) is 5.12. The fraction of sp³-hybridized carbons (Fsp3) is 0.250. The molecule has 1 aromatic carbocycles. The number of aliphatic hydroxyl groups is 1. The Morgan fingerprint density at radius 3 is 2.76 bits per heavy atom. The first-order chi connectivity index (χ1) is 10.2. The van der Waals surface area contributed by atoms with Gasteiger partial charge in [0.1, 0.15) is 17.6 Å². The maximum absolute atomic E-state index is 13.1. The van der Waals surface area contributed by atoms with Gasteiger partial charge in [0.15, 0.2) is 0 Å². The third kappa shape index (κ3) is 2.71. The van der Waals surface area contributed by atoms with Crippen molar-refractivity contribution in [3.05, 3.63) is 59.7 Å². The fourth-order valence-electron chi connectivity index (χ4n) is 2.76. The summed E-state index contributed by atoms with van der Waals surface area (Å²) in [7, 11) is 0. The Labute approximate surface area is 122 Å². The van der Waals surface area contributed by atoms with Crippen LogP contribution in [0.15, 0.2) is 42.6 Å². The quantitative estimate of drug-likeness (QED) is 0.919. The average molecular weight is 283 g/mol. The predicted molar refractivity (Wildman–Crippen MR) is 76.1 cm³/mol. The lowest BCUT2D eigenvalue weighted by Gasteiger charge is -2.26. The molecule has 1 saturated heterocycles. The van der Waals surface area contributed by atoms with Crippen LogP contribution in [0.25, 0.3) is 0 Å². The van der Waals surface area contributed by atoms with E-state index in [9.17, 15) is 9.50 Å². The molecule has 3 rings (SSSR count). The number of nitriles is 1. The van der Waals surface area contributed by atoms with Crippen LogP contribution in [0, 0.1) is 17.1 Å². The molecule has 2 atom stereocenters. The van der Waals surface area contributed by atoms with Gasteiger partial charge in [-0.05, 0) is 36.2 Å². The van der Waals surface area contributed by atoms with Gasteiger partial charge >= 0.3 is 0 Å². The number of rotatable bonds is 2. The van der Waals surface area contributed by atoms with Crippen molar-refractivity contribution in [1.29, 1.82) is 5.26 Å². The van der Waals surface area contributed by atoms with Crippen molar-refractivity contribution < 1.29 is 9.50 Å². The van der Waals surface area contributed by atoms with Crippen LogP contribution in [0.2, 0.25) is 0 Å². The summed E-state index contributed by atoms with van der Waals surface area (Å²) >= 11 is 0. The van der Waals surface area contributed by atoms with E-state index in [0.29, 0.717) is 18.7 Å². The van der Waals surface area contributed by atoms with Gasteiger partial charge in [-0.25, -0.2) is 9.37 Å². The Balaban J connectivity index is 1.95. The van der Waals surface area contributed by atoms with Crippen LogP contribution in [-0.2, 0) is 0 Å². The number of β-amino-alcohol motifs (C(OH)–C–C–N with tert-alkyl or cyclic N) is 1. The number of pyridine rings is 1. The molecule has 1 aliphatic heterocycles. The minimum absolute atomic E-state index is 0.0328. The molecule has 1 N–H and O–H groups in total. The number of aliphatic hydroxyl groups excluding tert-OH is 1. The van der Waals surface area contributed by atoms with Gasteiger partial charge in [0.25, 0.3) is 0 Å². The molecule has 106 valence electrons. The molecule has 0 radical (unpaired) electrons. The highest BCUT2D eigenvalue weighted by atomic mass is 19.1. The van der Waals surface area contributed by atoms with Crippen LogP contribution in [-0.4, -0.2) is 22.7 Å². The molecule has 1 fully saturated rings. The van der Waals surface area contributed by atoms with Crippen molar-refractivity contribution >= 4 is 5.69 Å². The number of benzene rings is 1. The van der Waals surface area contributed by atoms with Crippen LogP contribution in [0.3, 0.4) is 0 Å². The third-order valence-corrected chi connectivity index (χ3v) is 3.72. The van der Waals surface area contributed by atoms with E-state index >= 15 is 0 Å². The molecule has 0 saturated carbocycles. The molecule has 2 heterocycles. The second-order valence-electron chi connectivity index (χ2n) is 5.12. The van der Waals surface area contributed by atoms with Crippen LogP contribution in [0.4, 0.5) is 10.1 Å². The molecule has 0 unspecified atom stereocenters. The summed E-state index contributed by atoms with van der Waals surface area (Å²) in [6, 6.07) is 11.8. The number of halogens is 1. The number of aromatic nitrogens is 1. The van der Waals surface area contributed by atoms with E-state index in [-0.39, 0.29) is 11.9 Å². The fourth-order valence-corrected chi connectivity index (χ4v) is 2.76. The standard InChI is InChI=1S/C16H14FN3O/c17-12-3-1-11(2-4-12)16-8-15(21)10-20(16)14-5-6-19-13(7-14)9-18/h1-7,15-16,21H,8,10H2/t15-,16-/m1/s1. The van der Waals surface area contributed by atoms with Gasteiger partial charge in [0, 0.05) is 18.4 Å². The molecule has 0 aliphatic carbocycles. The average Bonchev–Trinajstić information content (AvgIpc) is 2.90. The lowest BCUT2D eigenvalue weighted by Crippen LogP contribution is -2.24. The molecule has 4 nitrogen and oxygen atoms in total. The van der Waals surface area contributed by atoms with Crippen molar-refractivity contribution in [2.45, 2.75) is 18.6 Å². The third-order valence-electron chi connectivity index (χ3n) is 3.72. The summed E-state index contributed by atoms with van der Waals surface area (Å²) in [5.74, 6) is -0.278. The van der Waals surface area contributed by atoms with E-state index in [1.54, 1.807) is 24.4 Å². The van der Waals surface area contributed by atoms with Crippen LogP contribution in [0.1, 0.15) is 23.7 Å². The molecule has 1 aliphatic rings. The zero-order valence-corrected chi connectivity index (χ0v) is 11.3. The summed E-state index contributed by atoms with van der Waals surface area (Å²) in [5.41, 5.74) is 2.13. The van der Waals surface area contributed by atoms with E-state index in [1.807, 2.05) is 17.0 Å². The molecule has 21 heavy (non-hydrogen) atoms. The Morgan fingerprint density at radius 2 is 2.05 bits per heavy atom. The predicted octanol–water partition coefficient (Wildman–Crippen LogP) is 2.40. The first-order valence-electron chi connectivity index (χ1n) is 6.73. The molecule has 0 bridgehead atoms. The highest BCUT2D eigenvalue weighted by Crippen LogP contribution is 2.36. The SMILES string of the molecule is N#Cc1cc(N2C[C@H](O)C[C@@H]2c2ccc(F)cc2)ccn1. The van der Waals surface area contributed by atoms with Crippen molar-refractivity contribution in [2.24, 2.45) is 0 Å². The van der Waals surface area contributed by atoms with E-state index in [4.69, 9.17) is 5.26 Å². The zero-order valence-electron chi connectivity index (χ0n) is 11.3. The molecule has 0 amide bonds. The summed E-state index contributed by atoms with van der Waals surface area (Å²) in [4.78, 5) is 5.99. The molecular weight excluding hydrogens is 269 g/mol. The molecule has 0 spiro atoms. The summed E-state index contributed by atoms with van der Waals surface area (Å²) < 4.78 is 13.1. The number of anilines is 1. The largest absolute Gasteiger partial charge is 0.391 e. The lowest BCUT2D eigenvalue weighted by atomic mass is 10.0. The number of hydrogen-bond acceptors (Lipinski definition) is 4. The van der Waals surface area contributed by atoms with Gasteiger partial charge in [-0.3, -0.25) is 0 Å². The molecule has 1 aromatic heterocycles. The van der Waals surface area contributed by atoms with Gasteiger partial charge in [-0.2, -0.15) is 5.26 Å². The monoisotopic (exact) mass is 283 g/mol. The van der Waals surface area contributed by atoms with Gasteiger partial charge in [-0.1, -0.05) is 12.1 Å². The van der Waals surface area contributed by atoms with Crippen molar-refractivity contribution in [1.82, 2.24) is 4.98 Å². The van der Waals surface area contributed by atoms with Crippen molar-refractivity contribution in [3.63, 3.8) is 0 Å². The van der Waals surface area contributed by atoms with Crippen molar-refractivity contribution in [3.8, 4) is 6.07 Å². The molecule has 5 heteroatoms. The Bertz CT molecular complexity index is 681. The van der Waals surface area contributed by atoms with Crippen LogP contribution in [0.5, 0.6) is 0 Å². The minimum atomic E-state index is -0.446. The summed E-state index contributed by atoms with van der Waals surface area (Å²) in [5, 5.41) is 18.9. The van der Waals surface area contributed by atoms with E-state index in [2.05, 4.69) is 4.98 Å².